The molecule has 4 nitrogen and oxygen atoms in total. The van der Waals surface area contributed by atoms with Crippen molar-refractivity contribution in [2.45, 2.75) is 31.7 Å². The zero-order valence-corrected chi connectivity index (χ0v) is 12.0. The Morgan fingerprint density at radius 3 is 2.26 bits per heavy atom. The fourth-order valence-electron chi connectivity index (χ4n) is 2.39. The van der Waals surface area contributed by atoms with Crippen molar-refractivity contribution in [1.29, 1.82) is 0 Å². The van der Waals surface area contributed by atoms with Crippen molar-refractivity contribution in [1.82, 2.24) is 9.62 Å². The zero-order valence-electron chi connectivity index (χ0n) is 11.1. The molecule has 106 valence electrons. The van der Waals surface area contributed by atoms with Gasteiger partial charge in [-0.3, -0.25) is 0 Å². The van der Waals surface area contributed by atoms with Gasteiger partial charge in [-0.25, -0.2) is 12.8 Å². The van der Waals surface area contributed by atoms with Gasteiger partial charge in [-0.15, -0.1) is 0 Å². The van der Waals surface area contributed by atoms with Crippen LogP contribution < -0.4 is 5.32 Å². The van der Waals surface area contributed by atoms with Gasteiger partial charge in [0.05, 0.1) is 5.75 Å². The van der Waals surface area contributed by atoms with Crippen LogP contribution in [0.3, 0.4) is 0 Å². The van der Waals surface area contributed by atoms with Crippen LogP contribution in [-0.4, -0.2) is 37.9 Å². The lowest BCUT2D eigenvalue weighted by Gasteiger charge is -2.35. The average Bonchev–Trinajstić information content (AvgIpc) is 2.31. The van der Waals surface area contributed by atoms with Gasteiger partial charge in [0, 0.05) is 25.2 Å². The number of halogens is 1. The third kappa shape index (κ3) is 3.75. The summed E-state index contributed by atoms with van der Waals surface area (Å²) in [6.07, 6.45) is 0. The first-order chi connectivity index (χ1) is 8.87. The molecule has 6 heteroatoms. The molecule has 0 aliphatic carbocycles. The highest BCUT2D eigenvalue weighted by molar-refractivity contribution is 7.88. The highest BCUT2D eigenvalue weighted by atomic mass is 32.2. The SMILES string of the molecule is C[C@@H]1CN(S(=O)(=O)Cc2ccc(F)cc2)C[C@@H](C)N1. The van der Waals surface area contributed by atoms with Crippen LogP contribution >= 0.6 is 0 Å². The van der Waals surface area contributed by atoms with Gasteiger partial charge in [0.1, 0.15) is 5.82 Å². The summed E-state index contributed by atoms with van der Waals surface area (Å²) in [5.74, 6) is -0.433. The smallest absolute Gasteiger partial charge is 0.218 e. The number of piperazine rings is 1. The van der Waals surface area contributed by atoms with Crippen molar-refractivity contribution in [3.8, 4) is 0 Å². The fraction of sp³-hybridized carbons (Fsp3) is 0.538. The van der Waals surface area contributed by atoms with Gasteiger partial charge in [0.25, 0.3) is 0 Å². The number of sulfonamides is 1. The maximum atomic E-state index is 12.8. The Balaban J connectivity index is 2.11. The van der Waals surface area contributed by atoms with Crippen LogP contribution in [0, 0.1) is 5.82 Å². The van der Waals surface area contributed by atoms with E-state index >= 15 is 0 Å². The number of nitrogens with zero attached hydrogens (tertiary/aromatic N) is 1. The summed E-state index contributed by atoms with van der Waals surface area (Å²) in [4.78, 5) is 0. The normalized spacial score (nSPS) is 25.4. The minimum Gasteiger partial charge on any atom is -0.309 e. The molecule has 0 spiro atoms. The highest BCUT2D eigenvalue weighted by Crippen LogP contribution is 2.15. The molecule has 2 atom stereocenters. The molecule has 0 unspecified atom stereocenters. The van der Waals surface area contributed by atoms with Crippen molar-refractivity contribution in [2.75, 3.05) is 13.1 Å². The maximum absolute atomic E-state index is 12.8. The molecule has 1 aromatic carbocycles. The molecule has 0 bridgehead atoms. The van der Waals surface area contributed by atoms with Crippen molar-refractivity contribution in [3.05, 3.63) is 35.6 Å². The molecule has 19 heavy (non-hydrogen) atoms. The van der Waals surface area contributed by atoms with E-state index in [1.807, 2.05) is 13.8 Å². The van der Waals surface area contributed by atoms with E-state index in [9.17, 15) is 12.8 Å². The second-order valence-corrected chi connectivity index (χ2v) is 7.14. The summed E-state index contributed by atoms with van der Waals surface area (Å²) in [5.41, 5.74) is 0.611. The molecule has 1 aliphatic heterocycles. The zero-order chi connectivity index (χ0) is 14.0. The van der Waals surface area contributed by atoms with Gasteiger partial charge in [0.15, 0.2) is 0 Å². The molecule has 1 aliphatic rings. The highest BCUT2D eigenvalue weighted by Gasteiger charge is 2.29. The summed E-state index contributed by atoms with van der Waals surface area (Å²) in [7, 11) is -3.34. The van der Waals surface area contributed by atoms with Crippen molar-refractivity contribution in [2.24, 2.45) is 0 Å². The van der Waals surface area contributed by atoms with Crippen molar-refractivity contribution >= 4 is 10.0 Å². The van der Waals surface area contributed by atoms with Gasteiger partial charge in [-0.2, -0.15) is 4.31 Å². The molecule has 1 N–H and O–H groups in total. The van der Waals surface area contributed by atoms with Crippen LogP contribution in [0.5, 0.6) is 0 Å². The van der Waals surface area contributed by atoms with Gasteiger partial charge in [-0.1, -0.05) is 12.1 Å². The van der Waals surface area contributed by atoms with E-state index in [-0.39, 0.29) is 23.7 Å². The topological polar surface area (TPSA) is 49.4 Å². The summed E-state index contributed by atoms with van der Waals surface area (Å²) in [5, 5.41) is 3.30. The minimum atomic E-state index is -3.34. The molecule has 1 saturated heterocycles. The standard InChI is InChI=1S/C13H19FN2O2S/c1-10-7-16(8-11(2)15-10)19(17,18)9-12-3-5-13(14)6-4-12/h3-6,10-11,15H,7-9H2,1-2H3/t10-,11-/m1/s1. The lowest BCUT2D eigenvalue weighted by molar-refractivity contribution is 0.262. The summed E-state index contributed by atoms with van der Waals surface area (Å²) in [6.45, 7) is 4.90. The first-order valence-electron chi connectivity index (χ1n) is 6.35. The molecule has 0 amide bonds. The molecule has 0 saturated carbocycles. The van der Waals surface area contributed by atoms with Gasteiger partial charge in [0.2, 0.25) is 10.0 Å². The largest absolute Gasteiger partial charge is 0.309 e. The Morgan fingerprint density at radius 2 is 1.74 bits per heavy atom. The number of hydrogen-bond acceptors (Lipinski definition) is 3. The Morgan fingerprint density at radius 1 is 1.21 bits per heavy atom. The van der Waals surface area contributed by atoms with Crippen LogP contribution in [0.15, 0.2) is 24.3 Å². The van der Waals surface area contributed by atoms with E-state index in [2.05, 4.69) is 5.32 Å². The molecule has 0 radical (unpaired) electrons. The number of rotatable bonds is 3. The van der Waals surface area contributed by atoms with E-state index in [0.717, 1.165) is 0 Å². The first kappa shape index (κ1) is 14.4. The quantitative estimate of drug-likeness (QED) is 0.912. The maximum Gasteiger partial charge on any atom is 0.218 e. The molecular weight excluding hydrogens is 267 g/mol. The lowest BCUT2D eigenvalue weighted by atomic mass is 10.2. The Bertz CT molecular complexity index is 520. The van der Waals surface area contributed by atoms with Gasteiger partial charge >= 0.3 is 0 Å². The van der Waals surface area contributed by atoms with E-state index in [4.69, 9.17) is 0 Å². The van der Waals surface area contributed by atoms with E-state index < -0.39 is 10.0 Å². The van der Waals surface area contributed by atoms with Crippen LogP contribution in [0.1, 0.15) is 19.4 Å². The number of hydrogen-bond donors (Lipinski definition) is 1. The van der Waals surface area contributed by atoms with Crippen LogP contribution in [0.2, 0.25) is 0 Å². The second kappa shape index (κ2) is 5.56. The summed E-state index contributed by atoms with van der Waals surface area (Å²) < 4.78 is 39.0. The summed E-state index contributed by atoms with van der Waals surface area (Å²) in [6, 6.07) is 5.89. The van der Waals surface area contributed by atoms with Gasteiger partial charge < -0.3 is 5.32 Å². The third-order valence-corrected chi connectivity index (χ3v) is 4.96. The van der Waals surface area contributed by atoms with Crippen LogP contribution in [-0.2, 0) is 15.8 Å². The molecule has 0 aromatic heterocycles. The number of benzene rings is 1. The second-order valence-electron chi connectivity index (χ2n) is 5.17. The lowest BCUT2D eigenvalue weighted by Crippen LogP contribution is -2.55. The predicted octanol–water partition coefficient (Wildman–Crippen LogP) is 1.34. The summed E-state index contributed by atoms with van der Waals surface area (Å²) >= 11 is 0. The molecular formula is C13H19FN2O2S. The number of nitrogens with one attached hydrogen (secondary N) is 1. The minimum absolute atomic E-state index is 0.0767. The van der Waals surface area contributed by atoms with Crippen LogP contribution in [0.25, 0.3) is 0 Å². The molecule has 1 fully saturated rings. The Labute approximate surface area is 113 Å². The van der Waals surface area contributed by atoms with Crippen LogP contribution in [0.4, 0.5) is 4.39 Å². The molecule has 1 aromatic rings. The van der Waals surface area contributed by atoms with E-state index in [1.165, 1.54) is 28.6 Å². The first-order valence-corrected chi connectivity index (χ1v) is 7.96. The van der Waals surface area contributed by atoms with Gasteiger partial charge in [-0.05, 0) is 31.5 Å². The third-order valence-electron chi connectivity index (χ3n) is 3.18. The Hall–Kier alpha value is -0.980. The van der Waals surface area contributed by atoms with Crippen molar-refractivity contribution < 1.29 is 12.8 Å². The van der Waals surface area contributed by atoms with Crippen molar-refractivity contribution in [3.63, 3.8) is 0 Å². The Kier molecular flexibility index (Phi) is 4.23. The average molecular weight is 286 g/mol. The predicted molar refractivity (Wildman–Crippen MR) is 72.7 cm³/mol. The monoisotopic (exact) mass is 286 g/mol. The molecule has 1 heterocycles. The van der Waals surface area contributed by atoms with E-state index in [1.54, 1.807) is 0 Å². The van der Waals surface area contributed by atoms with E-state index in [0.29, 0.717) is 18.7 Å². The fourth-order valence-corrected chi connectivity index (χ4v) is 4.08. The molecule has 2 rings (SSSR count).